The number of carbonyl (C=O) groups is 2. The molecule has 0 aliphatic carbocycles. The molecular formula is C19H25FN2O4. The van der Waals surface area contributed by atoms with E-state index >= 15 is 0 Å². The first-order valence-corrected chi connectivity index (χ1v) is 9.03. The molecule has 1 atom stereocenters. The first-order valence-electron chi connectivity index (χ1n) is 9.03. The number of hydrogen-bond acceptors (Lipinski definition) is 4. The van der Waals surface area contributed by atoms with Crippen molar-refractivity contribution in [3.05, 3.63) is 29.6 Å². The van der Waals surface area contributed by atoms with Gasteiger partial charge in [0.25, 0.3) is 5.91 Å². The normalized spacial score (nSPS) is 23.1. The van der Waals surface area contributed by atoms with Crippen molar-refractivity contribution in [2.24, 2.45) is 5.41 Å². The van der Waals surface area contributed by atoms with E-state index in [0.717, 1.165) is 31.9 Å². The first kappa shape index (κ1) is 18.6. The Morgan fingerprint density at radius 1 is 1.35 bits per heavy atom. The van der Waals surface area contributed by atoms with Crippen LogP contribution in [0.2, 0.25) is 0 Å². The highest BCUT2D eigenvalue weighted by molar-refractivity contribution is 5.98. The van der Waals surface area contributed by atoms with Crippen molar-refractivity contribution in [1.29, 1.82) is 0 Å². The van der Waals surface area contributed by atoms with Crippen LogP contribution in [0.15, 0.2) is 18.2 Å². The number of phenolic OH excluding ortho intramolecular Hbond substituents is 1. The smallest absolute Gasteiger partial charge is 0.260 e. The number of hydrogen-bond donors (Lipinski definition) is 1. The SMILES string of the molecule is COCCCN1CCCC2(CCN(C(=O)c3c(O)cccc3F)C2)C1=O. The van der Waals surface area contributed by atoms with Crippen LogP contribution >= 0.6 is 0 Å². The minimum Gasteiger partial charge on any atom is -0.507 e. The Bertz CT molecular complexity index is 676. The highest BCUT2D eigenvalue weighted by atomic mass is 19.1. The second-order valence-corrected chi connectivity index (χ2v) is 7.13. The fourth-order valence-electron chi connectivity index (χ4n) is 4.07. The van der Waals surface area contributed by atoms with Crippen LogP contribution in [0.25, 0.3) is 0 Å². The molecule has 0 radical (unpaired) electrons. The summed E-state index contributed by atoms with van der Waals surface area (Å²) >= 11 is 0. The number of amides is 2. The first-order chi connectivity index (χ1) is 12.5. The van der Waals surface area contributed by atoms with Crippen LogP contribution in [0.1, 0.15) is 36.0 Å². The molecule has 2 saturated heterocycles. The molecule has 3 rings (SSSR count). The Balaban J connectivity index is 1.72. The lowest BCUT2D eigenvalue weighted by Gasteiger charge is -2.39. The molecule has 1 spiro atoms. The van der Waals surface area contributed by atoms with Crippen molar-refractivity contribution >= 4 is 11.8 Å². The Morgan fingerprint density at radius 3 is 2.88 bits per heavy atom. The number of halogens is 1. The van der Waals surface area contributed by atoms with E-state index in [2.05, 4.69) is 0 Å². The maximum Gasteiger partial charge on any atom is 0.260 e. The second-order valence-electron chi connectivity index (χ2n) is 7.13. The molecule has 2 heterocycles. The van der Waals surface area contributed by atoms with Gasteiger partial charge < -0.3 is 19.6 Å². The summed E-state index contributed by atoms with van der Waals surface area (Å²) in [5.41, 5.74) is -0.897. The van der Waals surface area contributed by atoms with E-state index in [1.54, 1.807) is 7.11 Å². The molecule has 2 aliphatic rings. The van der Waals surface area contributed by atoms with E-state index in [1.165, 1.54) is 17.0 Å². The van der Waals surface area contributed by atoms with Crippen LogP contribution in [0, 0.1) is 11.2 Å². The summed E-state index contributed by atoms with van der Waals surface area (Å²) in [5, 5.41) is 9.86. The average Bonchev–Trinajstić information content (AvgIpc) is 3.04. The number of likely N-dealkylation sites (tertiary alicyclic amines) is 2. The number of benzene rings is 1. The van der Waals surface area contributed by atoms with Gasteiger partial charge >= 0.3 is 0 Å². The number of ether oxygens (including phenoxy) is 1. The highest BCUT2D eigenvalue weighted by Gasteiger charge is 2.49. The van der Waals surface area contributed by atoms with Gasteiger partial charge in [0.2, 0.25) is 5.91 Å². The molecule has 1 unspecified atom stereocenters. The van der Waals surface area contributed by atoms with E-state index in [4.69, 9.17) is 4.74 Å². The second kappa shape index (κ2) is 7.61. The molecule has 2 fully saturated rings. The molecule has 0 saturated carbocycles. The van der Waals surface area contributed by atoms with Gasteiger partial charge in [-0.1, -0.05) is 6.07 Å². The van der Waals surface area contributed by atoms with Crippen molar-refractivity contribution in [2.75, 3.05) is 39.9 Å². The van der Waals surface area contributed by atoms with Crippen LogP contribution in [0.4, 0.5) is 4.39 Å². The molecule has 1 aromatic carbocycles. The van der Waals surface area contributed by atoms with Crippen LogP contribution in [-0.2, 0) is 9.53 Å². The van der Waals surface area contributed by atoms with E-state index in [9.17, 15) is 19.1 Å². The molecule has 2 amide bonds. The third-order valence-corrected chi connectivity index (χ3v) is 5.45. The Hall–Kier alpha value is -2.15. The van der Waals surface area contributed by atoms with Gasteiger partial charge in [-0.3, -0.25) is 9.59 Å². The lowest BCUT2D eigenvalue weighted by atomic mass is 9.78. The topological polar surface area (TPSA) is 70.1 Å². The highest BCUT2D eigenvalue weighted by Crippen LogP contribution is 2.41. The van der Waals surface area contributed by atoms with Crippen molar-refractivity contribution in [3.8, 4) is 5.75 Å². The predicted octanol–water partition coefficient (Wildman–Crippen LogP) is 2.02. The molecule has 6 nitrogen and oxygen atoms in total. The number of piperidine rings is 1. The monoisotopic (exact) mass is 364 g/mol. The number of phenols is 1. The number of aromatic hydroxyl groups is 1. The fourth-order valence-corrected chi connectivity index (χ4v) is 4.07. The molecule has 0 aromatic heterocycles. The molecule has 1 N–H and O–H groups in total. The number of rotatable bonds is 5. The van der Waals surface area contributed by atoms with Crippen LogP contribution in [0.5, 0.6) is 5.75 Å². The largest absolute Gasteiger partial charge is 0.507 e. The zero-order valence-corrected chi connectivity index (χ0v) is 15.0. The van der Waals surface area contributed by atoms with Gasteiger partial charge in [0, 0.05) is 39.9 Å². The molecule has 26 heavy (non-hydrogen) atoms. The minimum atomic E-state index is -0.743. The zero-order valence-electron chi connectivity index (χ0n) is 15.0. The van der Waals surface area contributed by atoms with Crippen molar-refractivity contribution in [1.82, 2.24) is 9.80 Å². The minimum absolute atomic E-state index is 0.0768. The van der Waals surface area contributed by atoms with E-state index in [-0.39, 0.29) is 23.8 Å². The van der Waals surface area contributed by atoms with E-state index < -0.39 is 17.1 Å². The van der Waals surface area contributed by atoms with Crippen LogP contribution in [0.3, 0.4) is 0 Å². The Labute approximate surface area is 152 Å². The quantitative estimate of drug-likeness (QED) is 0.812. The van der Waals surface area contributed by atoms with Gasteiger partial charge in [0.1, 0.15) is 17.1 Å². The summed E-state index contributed by atoms with van der Waals surface area (Å²) in [6.07, 6.45) is 2.99. The van der Waals surface area contributed by atoms with Crippen LogP contribution < -0.4 is 0 Å². The van der Waals surface area contributed by atoms with Gasteiger partial charge in [-0.05, 0) is 37.8 Å². The van der Waals surface area contributed by atoms with E-state index in [0.29, 0.717) is 26.1 Å². The molecular weight excluding hydrogens is 339 g/mol. The van der Waals surface area contributed by atoms with Gasteiger partial charge in [-0.2, -0.15) is 0 Å². The summed E-state index contributed by atoms with van der Waals surface area (Å²) in [6.45, 7) is 2.65. The van der Waals surface area contributed by atoms with Gasteiger partial charge in [0.15, 0.2) is 0 Å². The van der Waals surface area contributed by atoms with Crippen molar-refractivity contribution in [3.63, 3.8) is 0 Å². The molecule has 142 valence electrons. The lowest BCUT2D eigenvalue weighted by molar-refractivity contribution is -0.145. The van der Waals surface area contributed by atoms with E-state index in [1.807, 2.05) is 4.90 Å². The number of methoxy groups -OCH3 is 1. The van der Waals surface area contributed by atoms with Gasteiger partial charge in [0.05, 0.1) is 5.41 Å². The maximum atomic E-state index is 14.0. The Morgan fingerprint density at radius 2 is 2.15 bits per heavy atom. The zero-order chi connectivity index (χ0) is 18.7. The third kappa shape index (κ3) is 3.40. The molecule has 7 heteroatoms. The lowest BCUT2D eigenvalue weighted by Crippen LogP contribution is -2.50. The predicted molar refractivity (Wildman–Crippen MR) is 93.3 cm³/mol. The molecule has 1 aromatic rings. The summed E-state index contributed by atoms with van der Waals surface area (Å²) in [7, 11) is 1.64. The molecule has 0 bridgehead atoms. The Kier molecular flexibility index (Phi) is 5.46. The third-order valence-electron chi connectivity index (χ3n) is 5.45. The van der Waals surface area contributed by atoms with Crippen molar-refractivity contribution < 1.29 is 23.8 Å². The maximum absolute atomic E-state index is 14.0. The fraction of sp³-hybridized carbons (Fsp3) is 0.579. The summed E-state index contributed by atoms with van der Waals surface area (Å²) in [6, 6.07) is 3.81. The summed E-state index contributed by atoms with van der Waals surface area (Å²) in [4.78, 5) is 29.1. The van der Waals surface area contributed by atoms with Gasteiger partial charge in [-0.15, -0.1) is 0 Å². The van der Waals surface area contributed by atoms with Crippen molar-refractivity contribution in [2.45, 2.75) is 25.7 Å². The standard InChI is InChI=1S/C19H25FN2O4/c1-26-12-4-10-21-9-3-7-19(18(21)25)8-11-22(13-19)17(24)16-14(20)5-2-6-15(16)23/h2,5-6,23H,3-4,7-13H2,1H3. The van der Waals surface area contributed by atoms with Gasteiger partial charge in [-0.25, -0.2) is 4.39 Å². The summed E-state index contributed by atoms with van der Waals surface area (Å²) in [5.74, 6) is -1.59. The molecule has 2 aliphatic heterocycles. The summed E-state index contributed by atoms with van der Waals surface area (Å²) < 4.78 is 19.1. The van der Waals surface area contributed by atoms with Crippen LogP contribution in [-0.4, -0.2) is 66.6 Å². The average molecular weight is 364 g/mol. The number of nitrogens with zero attached hydrogens (tertiary/aromatic N) is 2. The number of carbonyl (C=O) groups excluding carboxylic acids is 2.